The van der Waals surface area contributed by atoms with Crippen LogP contribution < -0.4 is 0 Å². The van der Waals surface area contributed by atoms with Gasteiger partial charge in [-0.2, -0.15) is 0 Å². The number of carbonyl (C=O) groups is 1. The van der Waals surface area contributed by atoms with E-state index in [4.69, 9.17) is 11.6 Å². The molecule has 1 heterocycles. The highest BCUT2D eigenvalue weighted by atomic mass is 35.5. The van der Waals surface area contributed by atoms with E-state index in [9.17, 15) is 4.79 Å². The summed E-state index contributed by atoms with van der Waals surface area (Å²) in [6.07, 6.45) is 0. The van der Waals surface area contributed by atoms with Gasteiger partial charge in [-0.1, -0.05) is 72.3 Å². The monoisotopic (exact) mass is 404 g/mol. The van der Waals surface area contributed by atoms with Crippen molar-refractivity contribution in [3.8, 4) is 0 Å². The summed E-state index contributed by atoms with van der Waals surface area (Å²) in [7, 11) is 0. The number of amides is 1. The number of carbonyl (C=O) groups excluding carboxylic acids is 1. The van der Waals surface area contributed by atoms with Gasteiger partial charge in [-0.25, -0.2) is 0 Å². The molecule has 4 rings (SSSR count). The third kappa shape index (κ3) is 4.36. The van der Waals surface area contributed by atoms with Gasteiger partial charge < -0.3 is 4.90 Å². The molecule has 0 saturated carbocycles. The lowest BCUT2D eigenvalue weighted by atomic mass is 9.96. The second kappa shape index (κ2) is 8.81. The van der Waals surface area contributed by atoms with Gasteiger partial charge in [-0.3, -0.25) is 9.69 Å². The van der Waals surface area contributed by atoms with Crippen molar-refractivity contribution in [1.82, 2.24) is 9.80 Å². The van der Waals surface area contributed by atoms with Crippen molar-refractivity contribution < 1.29 is 4.79 Å². The van der Waals surface area contributed by atoms with Gasteiger partial charge in [0.25, 0.3) is 5.91 Å². The summed E-state index contributed by atoms with van der Waals surface area (Å²) in [5.74, 6) is 0.130. The molecule has 4 heteroatoms. The van der Waals surface area contributed by atoms with Gasteiger partial charge in [0.15, 0.2) is 0 Å². The van der Waals surface area contributed by atoms with Crippen molar-refractivity contribution in [3.63, 3.8) is 0 Å². The molecule has 1 aliphatic rings. The van der Waals surface area contributed by atoms with Crippen LogP contribution >= 0.6 is 11.6 Å². The van der Waals surface area contributed by atoms with Crippen molar-refractivity contribution in [2.75, 3.05) is 26.2 Å². The number of nitrogens with zero attached hydrogens (tertiary/aromatic N) is 2. The van der Waals surface area contributed by atoms with Crippen LogP contribution in [-0.4, -0.2) is 41.9 Å². The smallest absolute Gasteiger partial charge is 0.254 e. The third-order valence-corrected chi connectivity index (χ3v) is 5.90. The quantitative estimate of drug-likeness (QED) is 0.597. The van der Waals surface area contributed by atoms with E-state index in [2.05, 4.69) is 41.3 Å². The standard InChI is InChI=1S/C25H25ClN2O/c1-19-7-5-6-10-23(19)25(29)28-17-15-27(16-18-28)24(20-8-3-2-4-9-20)21-11-13-22(26)14-12-21/h2-14,24H,15-18H2,1H3/t24-/m1/s1. The molecular formula is C25H25ClN2O. The van der Waals surface area contributed by atoms with Crippen LogP contribution in [0.25, 0.3) is 0 Å². The Labute approximate surface area is 177 Å². The lowest BCUT2D eigenvalue weighted by Crippen LogP contribution is -2.50. The predicted octanol–water partition coefficient (Wildman–Crippen LogP) is 5.20. The molecule has 29 heavy (non-hydrogen) atoms. The first-order chi connectivity index (χ1) is 14.1. The van der Waals surface area contributed by atoms with Crippen LogP contribution in [0.15, 0.2) is 78.9 Å². The number of hydrogen-bond acceptors (Lipinski definition) is 2. The molecule has 148 valence electrons. The molecule has 0 radical (unpaired) electrons. The van der Waals surface area contributed by atoms with E-state index in [0.29, 0.717) is 0 Å². The summed E-state index contributed by atoms with van der Waals surface area (Å²) in [6.45, 7) is 5.11. The van der Waals surface area contributed by atoms with E-state index >= 15 is 0 Å². The molecule has 0 aromatic heterocycles. The summed E-state index contributed by atoms with van der Waals surface area (Å²) in [6, 6.07) is 26.6. The fourth-order valence-corrected chi connectivity index (χ4v) is 4.19. The average molecular weight is 405 g/mol. The normalized spacial score (nSPS) is 15.9. The molecule has 1 amide bonds. The Morgan fingerprint density at radius 2 is 1.38 bits per heavy atom. The highest BCUT2D eigenvalue weighted by Gasteiger charge is 2.28. The zero-order chi connectivity index (χ0) is 20.2. The maximum Gasteiger partial charge on any atom is 0.254 e. The summed E-state index contributed by atoms with van der Waals surface area (Å²) in [5.41, 5.74) is 4.31. The lowest BCUT2D eigenvalue weighted by Gasteiger charge is -2.40. The van der Waals surface area contributed by atoms with Crippen molar-refractivity contribution in [2.45, 2.75) is 13.0 Å². The number of piperazine rings is 1. The Morgan fingerprint density at radius 3 is 2.03 bits per heavy atom. The van der Waals surface area contributed by atoms with Gasteiger partial charge in [0.05, 0.1) is 6.04 Å². The molecule has 1 atom stereocenters. The molecule has 0 aliphatic carbocycles. The van der Waals surface area contributed by atoms with Gasteiger partial charge >= 0.3 is 0 Å². The number of aryl methyl sites for hydroxylation is 1. The lowest BCUT2D eigenvalue weighted by molar-refractivity contribution is 0.0596. The maximum absolute atomic E-state index is 13.0. The van der Waals surface area contributed by atoms with Gasteiger partial charge in [0.2, 0.25) is 0 Å². The van der Waals surface area contributed by atoms with Crippen molar-refractivity contribution in [2.24, 2.45) is 0 Å². The summed E-state index contributed by atoms with van der Waals surface area (Å²) in [5, 5.41) is 0.745. The van der Waals surface area contributed by atoms with Crippen LogP contribution in [0.3, 0.4) is 0 Å². The van der Waals surface area contributed by atoms with E-state index in [1.54, 1.807) is 0 Å². The Bertz CT molecular complexity index is 964. The molecule has 0 N–H and O–H groups in total. The summed E-state index contributed by atoms with van der Waals surface area (Å²) >= 11 is 6.12. The first kappa shape index (κ1) is 19.7. The first-order valence-electron chi connectivity index (χ1n) is 10.0. The fraction of sp³-hybridized carbons (Fsp3) is 0.240. The largest absolute Gasteiger partial charge is 0.336 e. The first-order valence-corrected chi connectivity index (χ1v) is 10.4. The second-order valence-electron chi connectivity index (χ2n) is 7.51. The zero-order valence-electron chi connectivity index (χ0n) is 16.6. The molecular weight excluding hydrogens is 380 g/mol. The third-order valence-electron chi connectivity index (χ3n) is 5.64. The molecule has 3 aromatic carbocycles. The van der Waals surface area contributed by atoms with Crippen molar-refractivity contribution >= 4 is 17.5 Å². The molecule has 0 unspecified atom stereocenters. The molecule has 3 aromatic rings. The summed E-state index contributed by atoms with van der Waals surface area (Å²) < 4.78 is 0. The maximum atomic E-state index is 13.0. The van der Waals surface area contributed by atoms with Crippen LogP contribution in [-0.2, 0) is 0 Å². The minimum atomic E-state index is 0.130. The second-order valence-corrected chi connectivity index (χ2v) is 7.94. The minimum Gasteiger partial charge on any atom is -0.336 e. The number of rotatable bonds is 4. The average Bonchev–Trinajstić information content (AvgIpc) is 2.76. The van der Waals surface area contributed by atoms with Crippen LogP contribution in [0.2, 0.25) is 5.02 Å². The topological polar surface area (TPSA) is 23.6 Å². The molecule has 1 aliphatic heterocycles. The molecule has 1 saturated heterocycles. The summed E-state index contributed by atoms with van der Waals surface area (Å²) in [4.78, 5) is 17.4. The highest BCUT2D eigenvalue weighted by Crippen LogP contribution is 2.30. The minimum absolute atomic E-state index is 0.130. The molecule has 0 bridgehead atoms. The van der Waals surface area contributed by atoms with Crippen LogP contribution in [0.5, 0.6) is 0 Å². The number of hydrogen-bond donors (Lipinski definition) is 0. The van der Waals surface area contributed by atoms with E-state index in [1.165, 1.54) is 11.1 Å². The van der Waals surface area contributed by atoms with E-state index < -0.39 is 0 Å². The molecule has 3 nitrogen and oxygen atoms in total. The fourth-order valence-electron chi connectivity index (χ4n) is 4.06. The Kier molecular flexibility index (Phi) is 5.98. The Morgan fingerprint density at radius 1 is 0.793 bits per heavy atom. The SMILES string of the molecule is Cc1ccccc1C(=O)N1CCN([C@H](c2ccccc2)c2ccc(Cl)cc2)CC1. The van der Waals surface area contributed by atoms with Gasteiger partial charge in [0.1, 0.15) is 0 Å². The van der Waals surface area contributed by atoms with Crippen molar-refractivity contribution in [3.05, 3.63) is 106 Å². The molecule has 1 fully saturated rings. The van der Waals surface area contributed by atoms with E-state index in [0.717, 1.165) is 42.3 Å². The van der Waals surface area contributed by atoms with E-state index in [-0.39, 0.29) is 11.9 Å². The van der Waals surface area contributed by atoms with E-state index in [1.807, 2.05) is 54.3 Å². The van der Waals surface area contributed by atoms with Crippen LogP contribution in [0.4, 0.5) is 0 Å². The number of benzene rings is 3. The van der Waals surface area contributed by atoms with Crippen LogP contribution in [0.1, 0.15) is 33.1 Å². The van der Waals surface area contributed by atoms with Gasteiger partial charge in [-0.15, -0.1) is 0 Å². The van der Waals surface area contributed by atoms with Gasteiger partial charge in [-0.05, 0) is 41.8 Å². The highest BCUT2D eigenvalue weighted by molar-refractivity contribution is 6.30. The van der Waals surface area contributed by atoms with Crippen molar-refractivity contribution in [1.29, 1.82) is 0 Å². The number of halogens is 1. The Hall–Kier alpha value is -2.62. The van der Waals surface area contributed by atoms with Crippen LogP contribution in [0, 0.1) is 6.92 Å². The van der Waals surface area contributed by atoms with Gasteiger partial charge in [0, 0.05) is 36.8 Å². The zero-order valence-corrected chi connectivity index (χ0v) is 17.3. The Balaban J connectivity index is 1.53. The molecule has 0 spiro atoms. The predicted molar refractivity (Wildman–Crippen MR) is 118 cm³/mol.